The van der Waals surface area contributed by atoms with Crippen LogP contribution < -0.4 is 0 Å². The third-order valence-corrected chi connectivity index (χ3v) is 3.62. The summed E-state index contributed by atoms with van der Waals surface area (Å²) in [6.45, 7) is 4.55. The monoisotopic (exact) mass is 256 g/mol. The average Bonchev–Trinajstić information content (AvgIpc) is 2.28. The Balaban J connectivity index is 2.13. The summed E-state index contributed by atoms with van der Waals surface area (Å²) in [4.78, 5) is 22.5. The Morgan fingerprint density at radius 3 is 1.56 bits per heavy atom. The lowest BCUT2D eigenvalue weighted by Gasteiger charge is -2.36. The van der Waals surface area contributed by atoms with E-state index in [1.165, 1.54) is 12.8 Å². The molecule has 1 saturated carbocycles. The Labute approximate surface area is 109 Å². The highest BCUT2D eigenvalue weighted by Gasteiger charge is 2.31. The van der Waals surface area contributed by atoms with Crippen LogP contribution in [0.15, 0.2) is 0 Å². The minimum Gasteiger partial charge on any atom is -0.466 e. The molecule has 18 heavy (non-hydrogen) atoms. The zero-order valence-corrected chi connectivity index (χ0v) is 11.4. The fraction of sp³-hybridized carbons (Fsp3) is 0.857. The highest BCUT2D eigenvalue weighted by Crippen LogP contribution is 2.40. The zero-order valence-electron chi connectivity index (χ0n) is 11.4. The van der Waals surface area contributed by atoms with Crippen LogP contribution in [0.2, 0.25) is 0 Å². The summed E-state index contributed by atoms with van der Waals surface area (Å²) in [7, 11) is 0. The Kier molecular flexibility index (Phi) is 6.76. The highest BCUT2D eigenvalue weighted by atomic mass is 16.5. The number of hydrogen-bond donors (Lipinski definition) is 0. The predicted molar refractivity (Wildman–Crippen MR) is 67.9 cm³/mol. The van der Waals surface area contributed by atoms with Crippen molar-refractivity contribution in [2.24, 2.45) is 11.8 Å². The number of rotatable bonds is 8. The fourth-order valence-electron chi connectivity index (χ4n) is 2.47. The van der Waals surface area contributed by atoms with E-state index in [9.17, 15) is 9.59 Å². The first-order chi connectivity index (χ1) is 8.67. The third-order valence-electron chi connectivity index (χ3n) is 3.62. The van der Waals surface area contributed by atoms with E-state index in [-0.39, 0.29) is 11.9 Å². The van der Waals surface area contributed by atoms with Gasteiger partial charge in [0.25, 0.3) is 0 Å². The van der Waals surface area contributed by atoms with E-state index in [0.29, 0.717) is 37.9 Å². The molecule has 2 unspecified atom stereocenters. The van der Waals surface area contributed by atoms with Gasteiger partial charge in [-0.1, -0.05) is 0 Å². The second-order valence-electron chi connectivity index (χ2n) is 4.78. The van der Waals surface area contributed by atoms with Gasteiger partial charge in [-0.05, 0) is 51.4 Å². The summed E-state index contributed by atoms with van der Waals surface area (Å²) < 4.78 is 9.83. The normalized spacial score (nSPS) is 22.1. The van der Waals surface area contributed by atoms with Crippen LogP contribution in [0, 0.1) is 11.8 Å². The maximum atomic E-state index is 11.2. The van der Waals surface area contributed by atoms with E-state index in [1.807, 2.05) is 13.8 Å². The molecule has 1 fully saturated rings. The maximum absolute atomic E-state index is 11.2. The summed E-state index contributed by atoms with van der Waals surface area (Å²) in [5, 5.41) is 0. The summed E-state index contributed by atoms with van der Waals surface area (Å²) in [5.41, 5.74) is 0. The third kappa shape index (κ3) is 5.07. The van der Waals surface area contributed by atoms with Crippen molar-refractivity contribution in [2.75, 3.05) is 13.2 Å². The molecule has 0 spiro atoms. The van der Waals surface area contributed by atoms with Crippen molar-refractivity contribution >= 4 is 11.9 Å². The molecule has 1 aliphatic carbocycles. The van der Waals surface area contributed by atoms with E-state index in [4.69, 9.17) is 9.47 Å². The van der Waals surface area contributed by atoms with Crippen LogP contribution >= 0.6 is 0 Å². The Morgan fingerprint density at radius 2 is 1.28 bits per heavy atom. The van der Waals surface area contributed by atoms with Crippen molar-refractivity contribution in [1.29, 1.82) is 0 Å². The van der Waals surface area contributed by atoms with Gasteiger partial charge in [0.15, 0.2) is 0 Å². The summed E-state index contributed by atoms with van der Waals surface area (Å²) >= 11 is 0. The lowest BCUT2D eigenvalue weighted by atomic mass is 9.69. The van der Waals surface area contributed by atoms with Gasteiger partial charge < -0.3 is 9.47 Å². The zero-order chi connectivity index (χ0) is 13.4. The molecule has 0 aliphatic heterocycles. The van der Waals surface area contributed by atoms with Crippen LogP contribution in [0.5, 0.6) is 0 Å². The summed E-state index contributed by atoms with van der Waals surface area (Å²) in [5.74, 6) is 0.967. The molecular weight excluding hydrogens is 232 g/mol. The van der Waals surface area contributed by atoms with Crippen LogP contribution in [-0.4, -0.2) is 25.2 Å². The van der Waals surface area contributed by atoms with Crippen molar-refractivity contribution < 1.29 is 19.1 Å². The van der Waals surface area contributed by atoms with Gasteiger partial charge in [0.05, 0.1) is 13.2 Å². The van der Waals surface area contributed by atoms with Crippen molar-refractivity contribution in [2.45, 2.75) is 52.4 Å². The molecule has 0 aromatic carbocycles. The molecule has 1 rings (SSSR count). The first-order valence-corrected chi connectivity index (χ1v) is 6.98. The van der Waals surface area contributed by atoms with Crippen molar-refractivity contribution in [1.82, 2.24) is 0 Å². The lowest BCUT2D eigenvalue weighted by molar-refractivity contribution is -0.145. The van der Waals surface area contributed by atoms with Crippen molar-refractivity contribution in [3.63, 3.8) is 0 Å². The molecule has 4 nitrogen and oxygen atoms in total. The Morgan fingerprint density at radius 1 is 0.889 bits per heavy atom. The maximum Gasteiger partial charge on any atom is 0.305 e. The molecule has 4 heteroatoms. The molecule has 0 heterocycles. The van der Waals surface area contributed by atoms with Gasteiger partial charge in [-0.2, -0.15) is 0 Å². The number of esters is 2. The van der Waals surface area contributed by atoms with Crippen LogP contribution in [0.25, 0.3) is 0 Å². The lowest BCUT2D eigenvalue weighted by Crippen LogP contribution is -2.27. The predicted octanol–water partition coefficient (Wildman–Crippen LogP) is 2.70. The van der Waals surface area contributed by atoms with Crippen LogP contribution in [0.1, 0.15) is 52.4 Å². The summed E-state index contributed by atoms with van der Waals surface area (Å²) in [6.07, 6.45) is 5.15. The van der Waals surface area contributed by atoms with E-state index in [1.54, 1.807) is 0 Å². The van der Waals surface area contributed by atoms with Gasteiger partial charge in [0, 0.05) is 12.8 Å². The summed E-state index contributed by atoms with van der Waals surface area (Å²) in [6, 6.07) is 0. The van der Waals surface area contributed by atoms with E-state index < -0.39 is 0 Å². The largest absolute Gasteiger partial charge is 0.466 e. The van der Waals surface area contributed by atoms with Crippen LogP contribution in [-0.2, 0) is 19.1 Å². The highest BCUT2D eigenvalue weighted by molar-refractivity contribution is 5.69. The van der Waals surface area contributed by atoms with Gasteiger partial charge in [0.2, 0.25) is 0 Å². The van der Waals surface area contributed by atoms with E-state index in [2.05, 4.69) is 0 Å². The molecule has 104 valence electrons. The first kappa shape index (κ1) is 15.0. The van der Waals surface area contributed by atoms with E-state index >= 15 is 0 Å². The molecule has 0 aromatic rings. The molecular formula is C14H24O4. The number of carbonyl (C=O) groups is 2. The van der Waals surface area contributed by atoms with E-state index in [0.717, 1.165) is 12.8 Å². The van der Waals surface area contributed by atoms with Gasteiger partial charge in [-0.15, -0.1) is 0 Å². The molecule has 0 amide bonds. The Bertz CT molecular complexity index is 247. The minimum atomic E-state index is -0.103. The smallest absolute Gasteiger partial charge is 0.305 e. The second kappa shape index (κ2) is 8.11. The number of carbonyl (C=O) groups excluding carboxylic acids is 2. The van der Waals surface area contributed by atoms with Gasteiger partial charge >= 0.3 is 11.9 Å². The molecule has 0 bridgehead atoms. The van der Waals surface area contributed by atoms with Crippen molar-refractivity contribution in [3.8, 4) is 0 Å². The molecule has 0 saturated heterocycles. The molecule has 0 N–H and O–H groups in total. The minimum absolute atomic E-state index is 0.103. The number of hydrogen-bond acceptors (Lipinski definition) is 4. The quantitative estimate of drug-likeness (QED) is 0.626. The SMILES string of the molecule is CCOC(=O)CCC1CCC1CCC(=O)OCC. The Hall–Kier alpha value is -1.06. The molecule has 2 atom stereocenters. The fourth-order valence-corrected chi connectivity index (χ4v) is 2.47. The topological polar surface area (TPSA) is 52.6 Å². The average molecular weight is 256 g/mol. The number of ether oxygens (including phenoxy) is 2. The van der Waals surface area contributed by atoms with Crippen molar-refractivity contribution in [3.05, 3.63) is 0 Å². The van der Waals surface area contributed by atoms with Gasteiger partial charge in [-0.25, -0.2) is 0 Å². The van der Waals surface area contributed by atoms with Gasteiger partial charge in [-0.3, -0.25) is 9.59 Å². The van der Waals surface area contributed by atoms with Gasteiger partial charge in [0.1, 0.15) is 0 Å². The molecule has 0 aromatic heterocycles. The molecule has 1 aliphatic rings. The second-order valence-corrected chi connectivity index (χ2v) is 4.78. The standard InChI is InChI=1S/C14H24O4/c1-3-17-13(15)9-7-11-5-6-12(11)8-10-14(16)18-4-2/h11-12H,3-10H2,1-2H3. The van der Waals surface area contributed by atoms with Crippen LogP contribution in [0.3, 0.4) is 0 Å². The van der Waals surface area contributed by atoms with Crippen LogP contribution in [0.4, 0.5) is 0 Å². The molecule has 0 radical (unpaired) electrons. The first-order valence-electron chi connectivity index (χ1n) is 6.98.